The van der Waals surface area contributed by atoms with E-state index in [4.69, 9.17) is 4.74 Å². The number of nitriles is 1. The molecule has 2 N–H and O–H groups in total. The van der Waals surface area contributed by atoms with Crippen LogP contribution in [0.25, 0.3) is 22.2 Å². The van der Waals surface area contributed by atoms with Gasteiger partial charge in [0.1, 0.15) is 31.0 Å². The normalized spacial score (nSPS) is 12.9. The number of amides is 1. The second-order valence-electron chi connectivity index (χ2n) is 10.7. The molecule has 3 aromatic heterocycles. The summed E-state index contributed by atoms with van der Waals surface area (Å²) in [5, 5.41) is 15.1. The lowest BCUT2D eigenvalue weighted by Crippen LogP contribution is -2.46. The number of aromatic nitrogens is 3. The third-order valence-corrected chi connectivity index (χ3v) is 7.56. The van der Waals surface area contributed by atoms with Gasteiger partial charge in [0.2, 0.25) is 5.91 Å². The lowest BCUT2D eigenvalue weighted by atomic mass is 10.0. The third-order valence-electron chi connectivity index (χ3n) is 5.85. The molecular formula is C26H33F3N6O2Si. The molecule has 38 heavy (non-hydrogen) atoms. The maximum atomic E-state index is 12.6. The van der Waals surface area contributed by atoms with E-state index in [1.165, 1.54) is 12.4 Å². The molecule has 0 aromatic carbocycles. The number of alkyl halides is 3. The number of hydrogen-bond acceptors (Lipinski definition) is 6. The zero-order valence-corrected chi connectivity index (χ0v) is 23.2. The smallest absolute Gasteiger partial charge is 0.372 e. The fourth-order valence-electron chi connectivity index (χ4n) is 3.78. The zero-order chi connectivity index (χ0) is 28.1. The Balaban J connectivity index is 1.89. The number of anilines is 1. The number of carbonyl (C=O) groups excluding carboxylic acids is 1. The number of ether oxygens (including phenoxy) is 1. The Labute approximate surface area is 221 Å². The van der Waals surface area contributed by atoms with Crippen LogP contribution in [0.1, 0.15) is 19.4 Å². The first kappa shape index (κ1) is 29.1. The van der Waals surface area contributed by atoms with Crippen LogP contribution in [0.5, 0.6) is 0 Å². The maximum absolute atomic E-state index is 12.6. The molecule has 12 heteroatoms. The number of nitrogens with one attached hydrogen (secondary N) is 2. The van der Waals surface area contributed by atoms with E-state index < -0.39 is 32.7 Å². The van der Waals surface area contributed by atoms with Gasteiger partial charge in [-0.3, -0.25) is 9.78 Å². The molecule has 1 atom stereocenters. The Bertz CT molecular complexity index is 1310. The summed E-state index contributed by atoms with van der Waals surface area (Å²) < 4.78 is 45.6. The van der Waals surface area contributed by atoms with Crippen molar-refractivity contribution in [2.45, 2.75) is 58.5 Å². The van der Waals surface area contributed by atoms with Gasteiger partial charge >= 0.3 is 6.18 Å². The van der Waals surface area contributed by atoms with Gasteiger partial charge in [-0.05, 0) is 24.1 Å². The van der Waals surface area contributed by atoms with Gasteiger partial charge in [0.05, 0.1) is 11.3 Å². The highest BCUT2D eigenvalue weighted by molar-refractivity contribution is 6.76. The minimum Gasteiger partial charge on any atom is -0.372 e. The van der Waals surface area contributed by atoms with Crippen molar-refractivity contribution in [1.82, 2.24) is 19.9 Å². The molecule has 204 valence electrons. The molecule has 0 spiro atoms. The van der Waals surface area contributed by atoms with E-state index in [1.54, 1.807) is 32.2 Å². The molecule has 0 aliphatic heterocycles. The van der Waals surface area contributed by atoms with E-state index in [2.05, 4.69) is 41.0 Å². The molecule has 1 amide bonds. The summed E-state index contributed by atoms with van der Waals surface area (Å²) in [6, 6.07) is 5.75. The largest absolute Gasteiger partial charge is 0.405 e. The molecular weight excluding hydrogens is 513 g/mol. The van der Waals surface area contributed by atoms with Gasteiger partial charge in [0.25, 0.3) is 0 Å². The average Bonchev–Trinajstić information content (AvgIpc) is 3.20. The molecule has 0 aliphatic rings. The van der Waals surface area contributed by atoms with Gasteiger partial charge in [-0.25, -0.2) is 4.98 Å². The van der Waals surface area contributed by atoms with Gasteiger partial charge in [-0.2, -0.15) is 18.4 Å². The summed E-state index contributed by atoms with van der Waals surface area (Å²) in [5.74, 6) is -1.04. The summed E-state index contributed by atoms with van der Waals surface area (Å²) in [6.07, 6.45) is 2.04. The van der Waals surface area contributed by atoms with Crippen molar-refractivity contribution in [2.75, 3.05) is 18.5 Å². The van der Waals surface area contributed by atoms with E-state index in [0.29, 0.717) is 35.8 Å². The number of fused-ring (bicyclic) bond motifs is 1. The quantitative estimate of drug-likeness (QED) is 0.247. The van der Waals surface area contributed by atoms with Crippen molar-refractivity contribution < 1.29 is 22.7 Å². The summed E-state index contributed by atoms with van der Waals surface area (Å²) in [5.41, 5.74) is 2.98. The summed E-state index contributed by atoms with van der Waals surface area (Å²) in [7, 11) is -1.25. The number of nitrogens with zero attached hydrogens (tertiary/aromatic N) is 4. The van der Waals surface area contributed by atoms with Gasteiger partial charge in [-0.15, -0.1) is 0 Å². The molecule has 0 fully saturated rings. The summed E-state index contributed by atoms with van der Waals surface area (Å²) in [6.45, 7) is 9.85. The highest BCUT2D eigenvalue weighted by Gasteiger charge is 2.30. The van der Waals surface area contributed by atoms with Crippen LogP contribution < -0.4 is 10.6 Å². The predicted molar refractivity (Wildman–Crippen MR) is 143 cm³/mol. The van der Waals surface area contributed by atoms with Gasteiger partial charge in [0, 0.05) is 56.0 Å². The van der Waals surface area contributed by atoms with E-state index in [9.17, 15) is 23.2 Å². The maximum Gasteiger partial charge on any atom is 0.405 e. The van der Waals surface area contributed by atoms with Crippen LogP contribution in [-0.4, -0.2) is 53.9 Å². The van der Waals surface area contributed by atoms with Crippen molar-refractivity contribution in [3.8, 4) is 17.2 Å². The first-order valence-corrected chi connectivity index (χ1v) is 16.0. The molecule has 1 unspecified atom stereocenters. The van der Waals surface area contributed by atoms with E-state index in [1.807, 2.05) is 16.1 Å². The lowest BCUT2D eigenvalue weighted by molar-refractivity contribution is -0.139. The van der Waals surface area contributed by atoms with Crippen LogP contribution >= 0.6 is 0 Å². The number of halogens is 3. The number of carbonyl (C=O) groups is 1. The number of pyridine rings is 2. The molecule has 0 saturated carbocycles. The zero-order valence-electron chi connectivity index (χ0n) is 22.2. The molecule has 0 bridgehead atoms. The lowest BCUT2D eigenvalue weighted by Gasteiger charge is -2.23. The van der Waals surface area contributed by atoms with Crippen molar-refractivity contribution in [3.63, 3.8) is 0 Å². The van der Waals surface area contributed by atoms with E-state index in [-0.39, 0.29) is 5.92 Å². The number of rotatable bonds is 11. The van der Waals surface area contributed by atoms with E-state index in [0.717, 1.165) is 17.0 Å². The third kappa shape index (κ3) is 8.03. The summed E-state index contributed by atoms with van der Waals surface area (Å²) >= 11 is 0. The Kier molecular flexibility index (Phi) is 9.16. The monoisotopic (exact) mass is 546 g/mol. The van der Waals surface area contributed by atoms with Crippen molar-refractivity contribution >= 4 is 30.7 Å². The second-order valence-corrected chi connectivity index (χ2v) is 16.4. The average molecular weight is 547 g/mol. The molecule has 3 rings (SSSR count). The highest BCUT2D eigenvalue weighted by Crippen LogP contribution is 2.31. The molecule has 0 radical (unpaired) electrons. The highest BCUT2D eigenvalue weighted by atomic mass is 28.3. The van der Waals surface area contributed by atoms with E-state index >= 15 is 0 Å². The number of hydrogen-bond donors (Lipinski definition) is 2. The van der Waals surface area contributed by atoms with Crippen LogP contribution in [-0.2, 0) is 16.3 Å². The van der Waals surface area contributed by atoms with Gasteiger partial charge < -0.3 is 19.9 Å². The Morgan fingerprint density at radius 2 is 1.95 bits per heavy atom. The molecule has 8 nitrogen and oxygen atoms in total. The van der Waals surface area contributed by atoms with Crippen molar-refractivity contribution in [2.24, 2.45) is 5.92 Å². The van der Waals surface area contributed by atoms with Crippen LogP contribution in [0.3, 0.4) is 0 Å². The minimum atomic E-state index is -4.50. The topological polar surface area (TPSA) is 105 Å². The van der Waals surface area contributed by atoms with Crippen LogP contribution in [0, 0.1) is 17.2 Å². The fraction of sp³-hybridized carbons (Fsp3) is 0.462. The SMILES string of the molecule is CC(C)C(Nc1cncc(-c2cn(COCC[Si](C)(C)C)c3ncc(C#N)cc23)c1)C(=O)NCC(F)(F)F. The molecule has 0 saturated heterocycles. The first-order chi connectivity index (χ1) is 17.8. The van der Waals surface area contributed by atoms with Crippen molar-refractivity contribution in [3.05, 3.63) is 42.5 Å². The Hall–Kier alpha value is -3.43. The standard InChI is InChI=1S/C26H33F3N6O2Si/c1-17(2)23(25(36)33-15-26(27,28)29)34-20-9-19(12-31-13-20)22-14-35(16-37-6-7-38(3,4)5)24-21(22)8-18(10-30)11-32-24/h8-9,11-14,17,23,34H,6-7,15-16H2,1-5H3,(H,33,36). The molecule has 3 heterocycles. The van der Waals surface area contributed by atoms with Crippen LogP contribution in [0.4, 0.5) is 18.9 Å². The predicted octanol–water partition coefficient (Wildman–Crippen LogP) is 5.40. The van der Waals surface area contributed by atoms with Crippen LogP contribution in [0.15, 0.2) is 36.9 Å². The Morgan fingerprint density at radius 1 is 1.21 bits per heavy atom. The summed E-state index contributed by atoms with van der Waals surface area (Å²) in [4.78, 5) is 21.2. The molecule has 3 aromatic rings. The fourth-order valence-corrected chi connectivity index (χ4v) is 4.54. The molecule has 0 aliphatic carbocycles. The Morgan fingerprint density at radius 3 is 2.58 bits per heavy atom. The second kappa shape index (κ2) is 12.0. The van der Waals surface area contributed by atoms with Crippen LogP contribution in [0.2, 0.25) is 25.7 Å². The van der Waals surface area contributed by atoms with Crippen molar-refractivity contribution in [1.29, 1.82) is 5.26 Å². The van der Waals surface area contributed by atoms with Gasteiger partial charge in [-0.1, -0.05) is 33.5 Å². The van der Waals surface area contributed by atoms with Gasteiger partial charge in [0.15, 0.2) is 0 Å². The minimum absolute atomic E-state index is 0.288. The first-order valence-electron chi connectivity index (χ1n) is 12.3.